The van der Waals surface area contributed by atoms with Gasteiger partial charge in [0.05, 0.1) is 25.3 Å². The lowest BCUT2D eigenvalue weighted by atomic mass is 10.1. The molecule has 2 aromatic carbocycles. The standard InChI is InChI=1S/C21H28ClNO3/c1-4-12-26-21-18(22)13-16(14-20(21)25-5-2)15-23-11-10-17-8-6-7-9-19(17)24-3/h6-9,13-14,23H,4-5,10-12,15H2,1-3H3. The largest absolute Gasteiger partial charge is 0.496 e. The number of hydrogen-bond donors (Lipinski definition) is 1. The highest BCUT2D eigenvalue weighted by Crippen LogP contribution is 2.36. The van der Waals surface area contributed by atoms with E-state index < -0.39 is 0 Å². The van der Waals surface area contributed by atoms with Gasteiger partial charge in [-0.25, -0.2) is 0 Å². The third-order valence-electron chi connectivity index (χ3n) is 3.91. The zero-order valence-corrected chi connectivity index (χ0v) is 16.6. The van der Waals surface area contributed by atoms with E-state index in [4.69, 9.17) is 25.8 Å². The average molecular weight is 378 g/mol. The highest BCUT2D eigenvalue weighted by molar-refractivity contribution is 6.32. The number of benzene rings is 2. The number of hydrogen-bond acceptors (Lipinski definition) is 4. The summed E-state index contributed by atoms with van der Waals surface area (Å²) in [4.78, 5) is 0. The molecule has 1 N–H and O–H groups in total. The Labute approximate surface area is 161 Å². The fourth-order valence-electron chi connectivity index (χ4n) is 2.70. The van der Waals surface area contributed by atoms with Crippen molar-refractivity contribution in [2.24, 2.45) is 0 Å². The van der Waals surface area contributed by atoms with Crippen LogP contribution in [0, 0.1) is 0 Å². The van der Waals surface area contributed by atoms with Crippen LogP contribution in [0.25, 0.3) is 0 Å². The first kappa shape index (κ1) is 20.4. The van der Waals surface area contributed by atoms with Crippen molar-refractivity contribution in [3.8, 4) is 17.2 Å². The minimum Gasteiger partial charge on any atom is -0.496 e. The first-order valence-corrected chi connectivity index (χ1v) is 9.48. The second-order valence-corrected chi connectivity index (χ2v) is 6.33. The normalized spacial score (nSPS) is 10.6. The third kappa shape index (κ3) is 5.82. The molecule has 5 heteroatoms. The SMILES string of the molecule is CCCOc1c(Cl)cc(CNCCc2ccccc2OC)cc1OCC. The summed E-state index contributed by atoms with van der Waals surface area (Å²) >= 11 is 6.40. The van der Waals surface area contributed by atoms with Crippen molar-refractivity contribution in [3.05, 3.63) is 52.5 Å². The molecule has 0 aliphatic rings. The zero-order valence-electron chi connectivity index (χ0n) is 15.8. The molecular formula is C21H28ClNO3. The Bertz CT molecular complexity index is 691. The van der Waals surface area contributed by atoms with E-state index in [9.17, 15) is 0 Å². The summed E-state index contributed by atoms with van der Waals surface area (Å²) in [5.41, 5.74) is 2.26. The summed E-state index contributed by atoms with van der Waals surface area (Å²) in [7, 11) is 1.70. The Hall–Kier alpha value is -1.91. The minimum atomic E-state index is 0.573. The van der Waals surface area contributed by atoms with Gasteiger partial charge in [-0.05, 0) is 55.6 Å². The molecule has 0 fully saturated rings. The van der Waals surface area contributed by atoms with Gasteiger partial charge in [-0.1, -0.05) is 36.7 Å². The molecule has 142 valence electrons. The van der Waals surface area contributed by atoms with Crippen LogP contribution in [0.2, 0.25) is 5.02 Å². The minimum absolute atomic E-state index is 0.573. The van der Waals surface area contributed by atoms with Crippen LogP contribution in [0.3, 0.4) is 0 Å². The third-order valence-corrected chi connectivity index (χ3v) is 4.19. The van der Waals surface area contributed by atoms with Crippen molar-refractivity contribution < 1.29 is 14.2 Å². The molecule has 0 heterocycles. The van der Waals surface area contributed by atoms with E-state index in [1.807, 2.05) is 37.3 Å². The topological polar surface area (TPSA) is 39.7 Å². The second kappa shape index (κ2) is 10.9. The molecule has 0 aliphatic carbocycles. The molecule has 0 bridgehead atoms. The maximum absolute atomic E-state index is 6.40. The van der Waals surface area contributed by atoms with Crippen molar-refractivity contribution >= 4 is 11.6 Å². The average Bonchev–Trinajstić information content (AvgIpc) is 2.65. The molecule has 4 nitrogen and oxygen atoms in total. The molecule has 0 amide bonds. The van der Waals surface area contributed by atoms with Crippen LogP contribution < -0.4 is 19.5 Å². The van der Waals surface area contributed by atoms with Crippen LogP contribution in [0.5, 0.6) is 17.2 Å². The molecule has 0 saturated heterocycles. The van der Waals surface area contributed by atoms with Crippen molar-refractivity contribution in [1.29, 1.82) is 0 Å². The molecule has 0 radical (unpaired) electrons. The first-order valence-electron chi connectivity index (χ1n) is 9.10. The predicted molar refractivity (Wildman–Crippen MR) is 107 cm³/mol. The lowest BCUT2D eigenvalue weighted by Gasteiger charge is -2.15. The van der Waals surface area contributed by atoms with Gasteiger partial charge in [-0.15, -0.1) is 0 Å². The number of rotatable bonds is 11. The Morgan fingerprint density at radius 2 is 1.85 bits per heavy atom. The van der Waals surface area contributed by atoms with E-state index in [1.54, 1.807) is 7.11 Å². The smallest absolute Gasteiger partial charge is 0.179 e. The zero-order chi connectivity index (χ0) is 18.8. The van der Waals surface area contributed by atoms with E-state index in [-0.39, 0.29) is 0 Å². The maximum atomic E-state index is 6.40. The van der Waals surface area contributed by atoms with E-state index in [0.29, 0.717) is 36.3 Å². The Morgan fingerprint density at radius 1 is 1.04 bits per heavy atom. The summed E-state index contributed by atoms with van der Waals surface area (Å²) in [6, 6.07) is 12.0. The quantitative estimate of drug-likeness (QED) is 0.567. The molecule has 0 unspecified atom stereocenters. The lowest BCUT2D eigenvalue weighted by Crippen LogP contribution is -2.17. The van der Waals surface area contributed by atoms with Gasteiger partial charge in [0.2, 0.25) is 0 Å². The molecule has 0 saturated carbocycles. The molecule has 2 aromatic rings. The van der Waals surface area contributed by atoms with Gasteiger partial charge in [-0.3, -0.25) is 0 Å². The van der Waals surface area contributed by atoms with Gasteiger partial charge in [0.15, 0.2) is 11.5 Å². The van der Waals surface area contributed by atoms with Gasteiger partial charge in [0.25, 0.3) is 0 Å². The molecule has 0 aliphatic heterocycles. The van der Waals surface area contributed by atoms with Crippen LogP contribution in [0.1, 0.15) is 31.4 Å². The summed E-state index contributed by atoms with van der Waals surface area (Å²) in [5, 5.41) is 4.04. The summed E-state index contributed by atoms with van der Waals surface area (Å²) < 4.78 is 16.8. The van der Waals surface area contributed by atoms with Crippen molar-refractivity contribution in [1.82, 2.24) is 5.32 Å². The molecule has 0 atom stereocenters. The lowest BCUT2D eigenvalue weighted by molar-refractivity contribution is 0.277. The van der Waals surface area contributed by atoms with E-state index in [0.717, 1.165) is 30.7 Å². The van der Waals surface area contributed by atoms with Gasteiger partial charge in [-0.2, -0.15) is 0 Å². The molecule has 2 rings (SSSR count). The van der Waals surface area contributed by atoms with Crippen molar-refractivity contribution in [2.75, 3.05) is 26.9 Å². The number of halogens is 1. The highest BCUT2D eigenvalue weighted by Gasteiger charge is 2.12. The predicted octanol–water partition coefficient (Wildman–Crippen LogP) is 4.87. The first-order chi connectivity index (χ1) is 12.7. The summed E-state index contributed by atoms with van der Waals surface area (Å²) in [6.45, 7) is 6.77. The van der Waals surface area contributed by atoms with Crippen molar-refractivity contribution in [2.45, 2.75) is 33.2 Å². The van der Waals surface area contributed by atoms with E-state index in [2.05, 4.69) is 18.3 Å². The van der Waals surface area contributed by atoms with Crippen LogP contribution in [-0.2, 0) is 13.0 Å². The fourth-order valence-corrected chi connectivity index (χ4v) is 2.98. The van der Waals surface area contributed by atoms with Crippen LogP contribution in [0.4, 0.5) is 0 Å². The molecule has 0 aromatic heterocycles. The Morgan fingerprint density at radius 3 is 2.58 bits per heavy atom. The summed E-state index contributed by atoms with van der Waals surface area (Å²) in [6.07, 6.45) is 1.82. The van der Waals surface area contributed by atoms with Crippen LogP contribution >= 0.6 is 11.6 Å². The van der Waals surface area contributed by atoms with E-state index >= 15 is 0 Å². The highest BCUT2D eigenvalue weighted by atomic mass is 35.5. The fraction of sp³-hybridized carbons (Fsp3) is 0.429. The number of ether oxygens (including phenoxy) is 3. The molecule has 0 spiro atoms. The van der Waals surface area contributed by atoms with Crippen molar-refractivity contribution in [3.63, 3.8) is 0 Å². The molecule has 26 heavy (non-hydrogen) atoms. The number of para-hydroxylation sites is 1. The van der Waals surface area contributed by atoms with E-state index in [1.165, 1.54) is 5.56 Å². The van der Waals surface area contributed by atoms with Gasteiger partial charge in [0, 0.05) is 6.54 Å². The molecular weight excluding hydrogens is 350 g/mol. The van der Waals surface area contributed by atoms with Gasteiger partial charge in [0.1, 0.15) is 5.75 Å². The Kier molecular flexibility index (Phi) is 8.59. The number of methoxy groups -OCH3 is 1. The number of nitrogens with one attached hydrogen (secondary N) is 1. The van der Waals surface area contributed by atoms with Crippen LogP contribution in [-0.4, -0.2) is 26.9 Å². The van der Waals surface area contributed by atoms with Gasteiger partial charge >= 0.3 is 0 Å². The van der Waals surface area contributed by atoms with Gasteiger partial charge < -0.3 is 19.5 Å². The summed E-state index contributed by atoms with van der Waals surface area (Å²) in [5.74, 6) is 2.26. The monoisotopic (exact) mass is 377 g/mol. The second-order valence-electron chi connectivity index (χ2n) is 5.93. The Balaban J connectivity index is 1.96. The maximum Gasteiger partial charge on any atom is 0.179 e. The van der Waals surface area contributed by atoms with Crippen LogP contribution in [0.15, 0.2) is 36.4 Å².